The number of nitrogens with zero attached hydrogens (tertiary/aromatic N) is 1. The zero-order valence-corrected chi connectivity index (χ0v) is 16.2. The zero-order chi connectivity index (χ0) is 20.8. The van der Waals surface area contributed by atoms with Gasteiger partial charge in [0.1, 0.15) is 17.3 Å². The number of aromatic amines is 1. The van der Waals surface area contributed by atoms with Crippen LogP contribution in [-0.4, -0.2) is 37.1 Å². The van der Waals surface area contributed by atoms with Gasteiger partial charge in [-0.2, -0.15) is 0 Å². The molecule has 150 valence electrons. The molecule has 0 bridgehead atoms. The molecule has 3 rings (SSSR count). The van der Waals surface area contributed by atoms with Crippen molar-refractivity contribution in [3.63, 3.8) is 0 Å². The Hall–Kier alpha value is -3.37. The van der Waals surface area contributed by atoms with Gasteiger partial charge >= 0.3 is 0 Å². The fourth-order valence-electron chi connectivity index (χ4n) is 3.19. The Bertz CT molecular complexity index is 1040. The Kier molecular flexibility index (Phi) is 6.47. The molecular formula is C22H24FN4O2+. The highest BCUT2D eigenvalue weighted by atomic mass is 19.1. The van der Waals surface area contributed by atoms with Gasteiger partial charge in [0.15, 0.2) is 0 Å². The van der Waals surface area contributed by atoms with E-state index in [0.29, 0.717) is 24.5 Å². The smallest absolute Gasteiger partial charge is 0.289 e. The van der Waals surface area contributed by atoms with Gasteiger partial charge in [-0.05, 0) is 54.4 Å². The second-order valence-corrected chi connectivity index (χ2v) is 6.77. The first-order valence-corrected chi connectivity index (χ1v) is 9.40. The minimum absolute atomic E-state index is 0.175. The lowest BCUT2D eigenvalue weighted by Crippen LogP contribution is -2.31. The van der Waals surface area contributed by atoms with Crippen molar-refractivity contribution < 1.29 is 13.9 Å². The highest BCUT2D eigenvalue weighted by Crippen LogP contribution is 2.33. The Morgan fingerprint density at radius 3 is 2.69 bits per heavy atom. The van der Waals surface area contributed by atoms with Crippen molar-refractivity contribution in [2.24, 2.45) is 5.73 Å². The van der Waals surface area contributed by atoms with Crippen LogP contribution in [0, 0.1) is 12.4 Å². The van der Waals surface area contributed by atoms with Crippen LogP contribution in [0.25, 0.3) is 26.9 Å². The number of fused-ring (bicyclic) bond motifs is 1. The van der Waals surface area contributed by atoms with E-state index in [4.69, 9.17) is 17.0 Å². The van der Waals surface area contributed by atoms with E-state index in [9.17, 15) is 9.18 Å². The number of H-pyrrole nitrogens is 1. The number of carbonyl (C=O) groups is 1. The highest BCUT2D eigenvalue weighted by molar-refractivity contribution is 6.01. The number of amides is 1. The molecular weight excluding hydrogens is 371 g/mol. The minimum atomic E-state index is -0.297. The second-order valence-electron chi connectivity index (χ2n) is 6.77. The monoisotopic (exact) mass is 395 g/mol. The summed E-state index contributed by atoms with van der Waals surface area (Å²) in [6, 6.07) is 11.5. The lowest BCUT2D eigenvalue weighted by Gasteiger charge is -2.07. The second kappa shape index (κ2) is 9.22. The molecule has 0 spiro atoms. The fraction of sp³-hybridized carbons (Fsp3) is 0.273. The van der Waals surface area contributed by atoms with E-state index in [1.807, 2.05) is 12.1 Å². The molecule has 0 fully saturated rings. The summed E-state index contributed by atoms with van der Waals surface area (Å²) in [6.45, 7) is 6.29. The number of ether oxygens (including phenoxy) is 1. The number of rotatable bonds is 8. The van der Waals surface area contributed by atoms with Crippen LogP contribution in [0.15, 0.2) is 42.5 Å². The molecule has 29 heavy (non-hydrogen) atoms. The summed E-state index contributed by atoms with van der Waals surface area (Å²) in [7, 11) is 1.57. The SMILES string of the molecule is C#[N+][C@H](CCCN)CNC(=O)c1cc2c(OC)cc(-c3ccc(F)cc3)cc2[nH]1. The standard InChI is InChI=1S/C22H23FN4O2/c1-25-17(4-3-9-24)13-26-22(28)20-12-18-19(27-20)10-15(11-21(18)29-2)14-5-7-16(23)8-6-14/h1,5-8,10-12,17H,3-4,9,13,24H2,2H3,(H-,26,27,28)/p+1/t17-/m1/s1. The fourth-order valence-corrected chi connectivity index (χ4v) is 3.19. The van der Waals surface area contributed by atoms with Crippen LogP contribution in [0.5, 0.6) is 5.75 Å². The number of methoxy groups -OCH3 is 1. The quantitative estimate of drug-likeness (QED) is 0.543. The molecule has 2 aromatic carbocycles. The van der Waals surface area contributed by atoms with E-state index in [0.717, 1.165) is 34.9 Å². The van der Waals surface area contributed by atoms with Crippen molar-refractivity contribution in [3.05, 3.63) is 58.8 Å². The van der Waals surface area contributed by atoms with Gasteiger partial charge in [-0.15, -0.1) is 0 Å². The van der Waals surface area contributed by atoms with Crippen LogP contribution in [0.1, 0.15) is 23.3 Å². The summed E-state index contributed by atoms with van der Waals surface area (Å²) in [6.07, 6.45) is 1.51. The maximum absolute atomic E-state index is 13.2. The minimum Gasteiger partial charge on any atom is -0.496 e. The van der Waals surface area contributed by atoms with Crippen molar-refractivity contribution in [1.29, 1.82) is 0 Å². The number of hydrogen-bond donors (Lipinski definition) is 3. The third-order valence-electron chi connectivity index (χ3n) is 4.79. The van der Waals surface area contributed by atoms with Gasteiger partial charge in [0, 0.05) is 11.8 Å². The molecule has 1 atom stereocenters. The van der Waals surface area contributed by atoms with E-state index in [1.54, 1.807) is 25.3 Å². The van der Waals surface area contributed by atoms with Crippen molar-refractivity contribution in [1.82, 2.24) is 10.3 Å². The maximum Gasteiger partial charge on any atom is 0.289 e. The van der Waals surface area contributed by atoms with E-state index >= 15 is 0 Å². The number of benzene rings is 2. The number of nitrogens with two attached hydrogens (primary N) is 1. The Morgan fingerprint density at radius 1 is 1.28 bits per heavy atom. The summed E-state index contributed by atoms with van der Waals surface area (Å²) >= 11 is 0. The lowest BCUT2D eigenvalue weighted by molar-refractivity contribution is 0.0948. The molecule has 0 saturated heterocycles. The number of carbonyl (C=O) groups excluding carboxylic acids is 1. The first kappa shape index (κ1) is 20.4. The van der Waals surface area contributed by atoms with Gasteiger partial charge in [-0.25, -0.2) is 4.39 Å². The van der Waals surface area contributed by atoms with Crippen LogP contribution in [0.2, 0.25) is 0 Å². The molecule has 0 radical (unpaired) electrons. The molecule has 0 unspecified atom stereocenters. The van der Waals surface area contributed by atoms with Gasteiger partial charge < -0.3 is 20.8 Å². The Morgan fingerprint density at radius 2 is 2.03 bits per heavy atom. The molecule has 0 saturated carbocycles. The molecule has 1 heterocycles. The lowest BCUT2D eigenvalue weighted by atomic mass is 10.0. The Labute approximate surface area is 168 Å². The summed E-state index contributed by atoms with van der Waals surface area (Å²) in [5, 5.41) is 3.63. The molecule has 0 aliphatic carbocycles. The number of hydrogen-bond acceptors (Lipinski definition) is 3. The molecule has 1 amide bonds. The van der Waals surface area contributed by atoms with E-state index in [2.05, 4.69) is 15.1 Å². The zero-order valence-electron chi connectivity index (χ0n) is 16.2. The molecule has 4 N–H and O–H groups in total. The summed E-state index contributed by atoms with van der Waals surface area (Å²) in [5.74, 6) is 0.0671. The van der Waals surface area contributed by atoms with Crippen molar-refractivity contribution in [2.45, 2.75) is 18.9 Å². The largest absolute Gasteiger partial charge is 0.496 e. The van der Waals surface area contributed by atoms with Crippen LogP contribution < -0.4 is 15.8 Å². The highest BCUT2D eigenvalue weighted by Gasteiger charge is 2.19. The van der Waals surface area contributed by atoms with E-state index in [-0.39, 0.29) is 17.8 Å². The molecule has 0 aliphatic heterocycles. The van der Waals surface area contributed by atoms with Gasteiger partial charge in [0.2, 0.25) is 0 Å². The molecule has 0 aliphatic rings. The van der Waals surface area contributed by atoms with Gasteiger partial charge in [0.05, 0.1) is 19.2 Å². The molecule has 7 heteroatoms. The van der Waals surface area contributed by atoms with Crippen molar-refractivity contribution >= 4 is 16.8 Å². The number of nitrogens with one attached hydrogen (secondary N) is 2. The topological polar surface area (TPSA) is 84.5 Å². The number of halogens is 1. The normalized spacial score (nSPS) is 11.8. The van der Waals surface area contributed by atoms with Crippen LogP contribution in [-0.2, 0) is 0 Å². The maximum atomic E-state index is 13.2. The summed E-state index contributed by atoms with van der Waals surface area (Å²) < 4.78 is 18.7. The predicted octanol–water partition coefficient (Wildman–Crippen LogP) is 3.78. The molecule has 6 nitrogen and oxygen atoms in total. The predicted molar refractivity (Wildman–Crippen MR) is 113 cm³/mol. The average Bonchev–Trinajstić information content (AvgIpc) is 3.18. The van der Waals surface area contributed by atoms with Crippen LogP contribution in [0.3, 0.4) is 0 Å². The first-order chi connectivity index (χ1) is 14.0. The molecule has 3 aromatic rings. The van der Waals surface area contributed by atoms with Crippen molar-refractivity contribution in [2.75, 3.05) is 20.2 Å². The third kappa shape index (κ3) is 4.73. The summed E-state index contributed by atoms with van der Waals surface area (Å²) in [4.78, 5) is 19.5. The number of aromatic nitrogens is 1. The average molecular weight is 395 g/mol. The third-order valence-corrected chi connectivity index (χ3v) is 4.79. The van der Waals surface area contributed by atoms with Gasteiger partial charge in [-0.1, -0.05) is 17.0 Å². The van der Waals surface area contributed by atoms with E-state index < -0.39 is 0 Å². The Balaban J connectivity index is 1.84. The summed E-state index contributed by atoms with van der Waals surface area (Å²) in [5.41, 5.74) is 8.36. The first-order valence-electron chi connectivity index (χ1n) is 9.40. The van der Waals surface area contributed by atoms with Gasteiger partial charge in [-0.3, -0.25) is 4.79 Å². The van der Waals surface area contributed by atoms with E-state index in [1.165, 1.54) is 12.1 Å². The van der Waals surface area contributed by atoms with Gasteiger partial charge in [0.25, 0.3) is 18.5 Å². The van der Waals surface area contributed by atoms with Crippen molar-refractivity contribution in [3.8, 4) is 23.4 Å². The molecule has 1 aromatic heterocycles. The van der Waals surface area contributed by atoms with Crippen LogP contribution in [0.4, 0.5) is 4.39 Å². The van der Waals surface area contributed by atoms with Crippen LogP contribution >= 0.6 is 0 Å².